The van der Waals surface area contributed by atoms with E-state index in [9.17, 15) is 35.1 Å². The summed E-state index contributed by atoms with van der Waals surface area (Å²) < 4.78 is 28.6. The van der Waals surface area contributed by atoms with E-state index in [2.05, 4.69) is 48.8 Å². The van der Waals surface area contributed by atoms with Crippen molar-refractivity contribution in [3.05, 3.63) is 193 Å². The lowest BCUT2D eigenvalue weighted by atomic mass is 9.82. The van der Waals surface area contributed by atoms with Crippen molar-refractivity contribution in [2.45, 2.75) is 0 Å². The van der Waals surface area contributed by atoms with Crippen LogP contribution in [-0.4, -0.2) is 9.97 Å². The smallest absolute Gasteiger partial charge is 0.220 e. The molecule has 0 saturated carbocycles. The molecule has 2 heterocycles. The van der Waals surface area contributed by atoms with Gasteiger partial charge in [0, 0.05) is 29.1 Å². The molecule has 2 aromatic heterocycles. The minimum absolute atomic E-state index is 0.00349. The van der Waals surface area contributed by atoms with Gasteiger partial charge < -0.3 is 0 Å². The number of nitriles is 5. The molecule has 10 nitrogen and oxygen atoms in total. The van der Waals surface area contributed by atoms with E-state index in [1.54, 1.807) is 0 Å². The molecular formula is C44H14F2N10. The molecule has 0 spiro atoms. The van der Waals surface area contributed by atoms with Crippen molar-refractivity contribution in [2.75, 3.05) is 0 Å². The summed E-state index contributed by atoms with van der Waals surface area (Å²) in [5, 5.41) is 53.4. The predicted molar refractivity (Wildman–Crippen MR) is 200 cm³/mol. The second-order valence-electron chi connectivity index (χ2n) is 11.9. The van der Waals surface area contributed by atoms with Gasteiger partial charge in [0.25, 0.3) is 0 Å². The molecule has 0 fully saturated rings. The van der Waals surface area contributed by atoms with Gasteiger partial charge in [-0.15, -0.1) is 0 Å². The van der Waals surface area contributed by atoms with Gasteiger partial charge in [0.2, 0.25) is 17.1 Å². The number of fused-ring (bicyclic) bond motifs is 2. The van der Waals surface area contributed by atoms with Gasteiger partial charge in [-0.2, -0.15) is 26.3 Å². The highest BCUT2D eigenvalue weighted by atomic mass is 19.1. The third kappa shape index (κ3) is 5.32. The highest BCUT2D eigenvalue weighted by Crippen LogP contribution is 2.59. The molecule has 0 amide bonds. The van der Waals surface area contributed by atoms with Crippen molar-refractivity contribution in [1.82, 2.24) is 9.97 Å². The van der Waals surface area contributed by atoms with E-state index in [1.165, 1.54) is 60.9 Å². The van der Waals surface area contributed by atoms with Crippen LogP contribution in [-0.2, 0) is 0 Å². The standard InChI is InChI=1S/C44H14F2N10/c1-52-28-13-15-33(56-22-28)29(17-48)38-36(25-7-11-27(46)12-8-25)44(54-3)41-32(20-51)39-37(31(19-50)40(38)41)30(18-49)35(24-5-9-26(45)10-6-24)42(39)43(53-2)34-14-4-23(16-47)21-55-34/h4-15,21-22H/b38-29+,43-42-. The number of benzene rings is 3. The second kappa shape index (κ2) is 14.0. The largest absolute Gasteiger partial charge is 0.267 e. The van der Waals surface area contributed by atoms with Crippen molar-refractivity contribution in [1.29, 1.82) is 26.3 Å². The fourth-order valence-corrected chi connectivity index (χ4v) is 6.90. The Morgan fingerprint density at radius 1 is 0.571 bits per heavy atom. The van der Waals surface area contributed by atoms with E-state index >= 15 is 0 Å². The zero-order chi connectivity index (χ0) is 39.7. The lowest BCUT2D eigenvalue weighted by Crippen LogP contribution is -2.05. The van der Waals surface area contributed by atoms with Crippen LogP contribution in [0.25, 0.3) is 59.4 Å². The molecule has 2 aliphatic rings. The quantitative estimate of drug-likeness (QED) is 0.132. The molecule has 254 valence electrons. The Kier molecular flexibility index (Phi) is 8.79. The summed E-state index contributed by atoms with van der Waals surface area (Å²) in [5.41, 5.74) is -0.263. The van der Waals surface area contributed by atoms with Crippen LogP contribution in [0.2, 0.25) is 0 Å². The summed E-state index contributed by atoms with van der Waals surface area (Å²) in [5.74, 6) is -1.19. The third-order valence-electron chi connectivity index (χ3n) is 9.17. The molecule has 5 aromatic rings. The molecule has 0 bridgehead atoms. The summed E-state index contributed by atoms with van der Waals surface area (Å²) in [6, 6.07) is 26.3. The molecule has 0 N–H and O–H groups in total. The van der Waals surface area contributed by atoms with Gasteiger partial charge >= 0.3 is 0 Å². The molecule has 3 aromatic carbocycles. The first-order valence-electron chi connectivity index (χ1n) is 16.1. The molecule has 7 rings (SSSR count). The van der Waals surface area contributed by atoms with E-state index < -0.39 is 11.6 Å². The summed E-state index contributed by atoms with van der Waals surface area (Å²) in [6.07, 6.45) is 2.49. The Morgan fingerprint density at radius 3 is 1.64 bits per heavy atom. The number of halogens is 2. The third-order valence-corrected chi connectivity index (χ3v) is 9.17. The van der Waals surface area contributed by atoms with Gasteiger partial charge in [0.1, 0.15) is 35.9 Å². The fraction of sp³-hybridized carbons (Fsp3) is 0. The number of hydrogen-bond donors (Lipinski definition) is 0. The number of aromatic nitrogens is 2. The molecule has 12 heteroatoms. The van der Waals surface area contributed by atoms with E-state index in [0.717, 1.165) is 24.3 Å². The number of pyridine rings is 2. The maximum atomic E-state index is 14.3. The molecule has 0 atom stereocenters. The van der Waals surface area contributed by atoms with Crippen molar-refractivity contribution in [2.24, 2.45) is 0 Å². The lowest BCUT2D eigenvalue weighted by Gasteiger charge is -2.18. The molecule has 56 heavy (non-hydrogen) atoms. The van der Waals surface area contributed by atoms with E-state index in [1.807, 2.05) is 6.07 Å². The first kappa shape index (κ1) is 35.1. The van der Waals surface area contributed by atoms with Crippen LogP contribution >= 0.6 is 0 Å². The van der Waals surface area contributed by atoms with Crippen molar-refractivity contribution >= 4 is 50.5 Å². The Balaban J connectivity index is 1.74. The Hall–Kier alpha value is -9.30. The lowest BCUT2D eigenvalue weighted by molar-refractivity contribution is 0.627. The Bertz CT molecular complexity index is 2860. The number of nitrogens with zero attached hydrogens (tertiary/aromatic N) is 10. The highest BCUT2D eigenvalue weighted by Gasteiger charge is 2.43. The van der Waals surface area contributed by atoms with Crippen LogP contribution in [0.15, 0.2) is 85.2 Å². The maximum Gasteiger partial charge on any atom is 0.220 e. The monoisotopic (exact) mass is 720 g/mol. The van der Waals surface area contributed by atoms with Crippen LogP contribution in [0.1, 0.15) is 61.5 Å². The zero-order valence-electron chi connectivity index (χ0n) is 28.3. The average Bonchev–Trinajstić information content (AvgIpc) is 3.75. The molecule has 0 aliphatic heterocycles. The predicted octanol–water partition coefficient (Wildman–Crippen LogP) is 9.39. The van der Waals surface area contributed by atoms with E-state index in [4.69, 9.17) is 19.7 Å². The SMILES string of the molecule is [C-]#[N+]C1=C(c2ccc(F)cc2)/C(=C(/C#N)c2ccc([N+]#[C-])cn2)c2c(C#N)c3c(c(C#N)c21)/C(=C(\[N+]#[C-])c1ccc(C#N)cn1)C(c1ccc(F)cc1)=C3C#N. The first-order chi connectivity index (χ1) is 27.3. The Morgan fingerprint density at radius 2 is 1.16 bits per heavy atom. The van der Waals surface area contributed by atoms with Crippen LogP contribution in [0, 0.1) is 88.0 Å². The first-order valence-corrected chi connectivity index (χ1v) is 16.1. The van der Waals surface area contributed by atoms with Gasteiger partial charge in [-0.3, -0.25) is 9.97 Å². The average molecular weight is 721 g/mol. The molecule has 2 aliphatic carbocycles. The van der Waals surface area contributed by atoms with Crippen LogP contribution < -0.4 is 0 Å². The zero-order valence-corrected chi connectivity index (χ0v) is 28.3. The minimum Gasteiger partial charge on any atom is -0.267 e. The molecule has 0 radical (unpaired) electrons. The summed E-state index contributed by atoms with van der Waals surface area (Å²) in [4.78, 5) is 19.6. The van der Waals surface area contributed by atoms with Crippen LogP contribution in [0.5, 0.6) is 0 Å². The minimum atomic E-state index is -0.598. The molecule has 0 unspecified atom stereocenters. The van der Waals surface area contributed by atoms with Crippen LogP contribution in [0.3, 0.4) is 0 Å². The normalized spacial score (nSPS) is 14.0. The highest BCUT2D eigenvalue weighted by molar-refractivity contribution is 6.35. The summed E-state index contributed by atoms with van der Waals surface area (Å²) in [6.45, 7) is 24.2. The van der Waals surface area contributed by atoms with Gasteiger partial charge in [-0.1, -0.05) is 30.3 Å². The summed E-state index contributed by atoms with van der Waals surface area (Å²) >= 11 is 0. The van der Waals surface area contributed by atoms with Gasteiger partial charge in [0.15, 0.2) is 0 Å². The van der Waals surface area contributed by atoms with Gasteiger partial charge in [-0.05, 0) is 81.4 Å². The molecule has 0 saturated heterocycles. The number of allylic oxidation sites excluding steroid dienone is 6. The van der Waals surface area contributed by atoms with Gasteiger partial charge in [-0.25, -0.2) is 23.3 Å². The van der Waals surface area contributed by atoms with E-state index in [-0.39, 0.29) is 112 Å². The molecular weight excluding hydrogens is 707 g/mol. The number of hydrogen-bond acceptors (Lipinski definition) is 7. The van der Waals surface area contributed by atoms with Crippen molar-refractivity contribution < 1.29 is 8.78 Å². The van der Waals surface area contributed by atoms with Crippen molar-refractivity contribution in [3.63, 3.8) is 0 Å². The van der Waals surface area contributed by atoms with E-state index in [0.29, 0.717) is 0 Å². The maximum absolute atomic E-state index is 14.3. The second-order valence-corrected chi connectivity index (χ2v) is 11.9. The fourth-order valence-electron chi connectivity index (χ4n) is 6.90. The van der Waals surface area contributed by atoms with Crippen LogP contribution in [0.4, 0.5) is 14.5 Å². The number of rotatable bonds is 4. The summed E-state index contributed by atoms with van der Waals surface area (Å²) in [7, 11) is 0. The topological polar surface area (TPSA) is 158 Å². The van der Waals surface area contributed by atoms with Gasteiger partial charge in [0.05, 0.1) is 65.0 Å². The van der Waals surface area contributed by atoms with Crippen molar-refractivity contribution in [3.8, 4) is 30.3 Å². The Labute approximate surface area is 317 Å².